The van der Waals surface area contributed by atoms with Crippen LogP contribution in [-0.2, 0) is 19.5 Å². The van der Waals surface area contributed by atoms with E-state index in [2.05, 4.69) is 6.92 Å². The number of halogens is 1. The summed E-state index contributed by atoms with van der Waals surface area (Å²) in [7, 11) is 0. The van der Waals surface area contributed by atoms with Crippen LogP contribution in [0.4, 0.5) is 0 Å². The maximum Gasteiger partial charge on any atom is 0 e. The third kappa shape index (κ3) is 40.4. The van der Waals surface area contributed by atoms with Crippen molar-refractivity contribution in [3.05, 3.63) is 6.92 Å². The molecule has 1 radical (unpaired) electrons. The first-order valence-electron chi connectivity index (χ1n) is 1.21. The van der Waals surface area contributed by atoms with Crippen molar-refractivity contribution in [1.82, 2.24) is 0 Å². The molecule has 0 atom stereocenters. The van der Waals surface area contributed by atoms with E-state index in [4.69, 9.17) is 0 Å². The van der Waals surface area contributed by atoms with Gasteiger partial charge >= 0.3 is 0 Å². The molecule has 0 unspecified atom stereocenters. The summed E-state index contributed by atoms with van der Waals surface area (Å²) in [5, 5.41) is 0. The summed E-state index contributed by atoms with van der Waals surface area (Å²) in [6, 6.07) is 0. The third-order valence-corrected chi connectivity index (χ3v) is 0. The van der Waals surface area contributed by atoms with Crippen molar-refractivity contribution >= 4 is 0 Å². The molecule has 0 aromatic carbocycles. The van der Waals surface area contributed by atoms with Crippen molar-refractivity contribution in [2.45, 2.75) is 13.3 Å². The standard InChI is InChI=1S/C3H7.BrH.Zn/c1-3-2;;/h1,3H2,2H3;1H;/p-1. The van der Waals surface area contributed by atoms with Gasteiger partial charge in [-0.15, -0.1) is 0 Å². The zero-order valence-corrected chi connectivity index (χ0v) is 8.05. The quantitative estimate of drug-likeness (QED) is 0.395. The molecule has 0 N–H and O–H groups in total. The third-order valence-electron chi connectivity index (χ3n) is 0. The molecule has 0 saturated heterocycles. The van der Waals surface area contributed by atoms with Gasteiger partial charge in [-0.05, 0) is 0 Å². The first-order chi connectivity index (χ1) is 1.41. The zero-order valence-electron chi connectivity index (χ0n) is 3.50. The van der Waals surface area contributed by atoms with E-state index in [0.717, 1.165) is 6.42 Å². The smallest absolute Gasteiger partial charge is 0 e. The molecule has 2 heteroatoms. The molecule has 0 aliphatic carbocycles. The molecule has 0 amide bonds. The predicted molar refractivity (Wildman–Crippen MR) is 15.6 cm³/mol. The van der Waals surface area contributed by atoms with E-state index in [1.165, 1.54) is 0 Å². The van der Waals surface area contributed by atoms with Gasteiger partial charge in [-0.3, -0.25) is 0 Å². The maximum atomic E-state index is 3.49. The van der Waals surface area contributed by atoms with E-state index in [1.54, 1.807) is 0 Å². The maximum absolute atomic E-state index is 3.49. The van der Waals surface area contributed by atoms with Crippen molar-refractivity contribution in [3.8, 4) is 0 Å². The molecule has 5 heavy (non-hydrogen) atoms. The first-order valence-corrected chi connectivity index (χ1v) is 1.21. The molecule has 29 valence electrons. The van der Waals surface area contributed by atoms with Crippen molar-refractivity contribution in [2.24, 2.45) is 0 Å². The van der Waals surface area contributed by atoms with E-state index >= 15 is 0 Å². The summed E-state index contributed by atoms with van der Waals surface area (Å²) in [5.41, 5.74) is 0. The molecular weight excluding hydrogens is 181 g/mol. The Morgan fingerprint density at radius 2 is 1.60 bits per heavy atom. The van der Waals surface area contributed by atoms with Crippen LogP contribution in [0.3, 0.4) is 0 Å². The van der Waals surface area contributed by atoms with Crippen LogP contribution in [-0.4, -0.2) is 0 Å². The van der Waals surface area contributed by atoms with Crippen LogP contribution >= 0.6 is 0 Å². The zero-order chi connectivity index (χ0) is 2.71. The van der Waals surface area contributed by atoms with Crippen LogP contribution in [0.25, 0.3) is 0 Å². The van der Waals surface area contributed by atoms with Crippen molar-refractivity contribution < 1.29 is 36.5 Å². The van der Waals surface area contributed by atoms with Crippen LogP contribution in [0.1, 0.15) is 13.3 Å². The SMILES string of the molecule is [Br-].[CH2]CC.[Zn]. The van der Waals surface area contributed by atoms with Gasteiger partial charge in [0.1, 0.15) is 0 Å². The normalized spacial score (nSPS) is 3.60. The number of hydrogen-bond acceptors (Lipinski definition) is 0. The van der Waals surface area contributed by atoms with E-state index in [9.17, 15) is 0 Å². The fourth-order valence-electron chi connectivity index (χ4n) is 0. The number of rotatable bonds is 0. The Morgan fingerprint density at radius 1 is 1.60 bits per heavy atom. The largest absolute Gasteiger partial charge is 1.00 e. The van der Waals surface area contributed by atoms with Crippen molar-refractivity contribution in [2.75, 3.05) is 0 Å². The molecule has 0 saturated carbocycles. The van der Waals surface area contributed by atoms with Crippen LogP contribution in [0.2, 0.25) is 0 Å². The van der Waals surface area contributed by atoms with Gasteiger partial charge in [0.2, 0.25) is 0 Å². The summed E-state index contributed by atoms with van der Waals surface area (Å²) in [4.78, 5) is 0. The molecule has 0 bridgehead atoms. The minimum atomic E-state index is 0. The Labute approximate surface area is 56.9 Å². The van der Waals surface area contributed by atoms with Crippen LogP contribution < -0.4 is 17.0 Å². The van der Waals surface area contributed by atoms with Crippen LogP contribution in [0.5, 0.6) is 0 Å². The molecule has 0 rings (SSSR count). The second-order valence-corrected chi connectivity index (χ2v) is 0.500. The van der Waals surface area contributed by atoms with E-state index in [-0.39, 0.29) is 36.5 Å². The number of hydrogen-bond donors (Lipinski definition) is 0. The van der Waals surface area contributed by atoms with Crippen molar-refractivity contribution in [3.63, 3.8) is 0 Å². The average Bonchev–Trinajstić information content (AvgIpc) is 0.918. The van der Waals surface area contributed by atoms with Gasteiger partial charge in [-0.1, -0.05) is 20.3 Å². The van der Waals surface area contributed by atoms with Gasteiger partial charge < -0.3 is 17.0 Å². The Hall–Kier alpha value is 1.10. The predicted octanol–water partition coefficient (Wildman–Crippen LogP) is -1.77. The van der Waals surface area contributed by atoms with Gasteiger partial charge in [-0.25, -0.2) is 0 Å². The molecular formula is C3H7BrZn-. The summed E-state index contributed by atoms with van der Waals surface area (Å²) in [6.07, 6.45) is 1.00. The summed E-state index contributed by atoms with van der Waals surface area (Å²) in [6.45, 7) is 5.50. The molecule has 0 aromatic heterocycles. The van der Waals surface area contributed by atoms with Crippen LogP contribution in [0.15, 0.2) is 0 Å². The van der Waals surface area contributed by atoms with Gasteiger partial charge in [0.05, 0.1) is 0 Å². The second-order valence-electron chi connectivity index (χ2n) is 0.500. The van der Waals surface area contributed by atoms with Gasteiger partial charge in [0.25, 0.3) is 0 Å². The van der Waals surface area contributed by atoms with Gasteiger partial charge in [0.15, 0.2) is 0 Å². The van der Waals surface area contributed by atoms with Gasteiger partial charge in [0, 0.05) is 19.5 Å². The van der Waals surface area contributed by atoms with Crippen LogP contribution in [0, 0.1) is 6.92 Å². The molecule has 0 nitrogen and oxygen atoms in total. The molecule has 0 heterocycles. The fourth-order valence-corrected chi connectivity index (χ4v) is 0. The van der Waals surface area contributed by atoms with Gasteiger partial charge in [-0.2, -0.15) is 0 Å². The minimum absolute atomic E-state index is 0. The Balaban J connectivity index is -0.0000000200. The summed E-state index contributed by atoms with van der Waals surface area (Å²) >= 11 is 0. The molecule has 0 aliphatic heterocycles. The molecule has 0 aliphatic rings. The second kappa shape index (κ2) is 19.4. The van der Waals surface area contributed by atoms with E-state index in [1.807, 2.05) is 6.92 Å². The minimum Gasteiger partial charge on any atom is -1.00 e. The summed E-state index contributed by atoms with van der Waals surface area (Å²) in [5.74, 6) is 0. The van der Waals surface area contributed by atoms with Crippen molar-refractivity contribution in [1.29, 1.82) is 0 Å². The van der Waals surface area contributed by atoms with E-state index in [0.29, 0.717) is 0 Å². The average molecular weight is 188 g/mol. The summed E-state index contributed by atoms with van der Waals surface area (Å²) < 4.78 is 0. The Kier molecular flexibility index (Phi) is 64.1. The molecule has 0 fully saturated rings. The first kappa shape index (κ1) is 16.5. The fraction of sp³-hybridized carbons (Fsp3) is 0.667. The molecule has 0 aromatic rings. The molecule has 0 spiro atoms. The Morgan fingerprint density at radius 3 is 1.60 bits per heavy atom. The van der Waals surface area contributed by atoms with E-state index < -0.39 is 0 Å². The Bertz CT molecular complexity index is 6.85. The topological polar surface area (TPSA) is 0 Å². The monoisotopic (exact) mass is 186 g/mol.